The normalized spacial score (nSPS) is 14.7. The van der Waals surface area contributed by atoms with Gasteiger partial charge >= 0.3 is 0 Å². The van der Waals surface area contributed by atoms with Crippen molar-refractivity contribution in [2.45, 2.75) is 12.5 Å². The van der Waals surface area contributed by atoms with Crippen LogP contribution in [0.25, 0.3) is 0 Å². The maximum absolute atomic E-state index is 12.9. The zero-order valence-corrected chi connectivity index (χ0v) is 17.5. The molecular formula is C19H16Cl2N2O5S. The summed E-state index contributed by atoms with van der Waals surface area (Å²) in [6.45, 7) is 0. The molecule has 1 heterocycles. The molecule has 1 atom stereocenters. The predicted molar refractivity (Wildman–Crippen MR) is 110 cm³/mol. The largest absolute Gasteiger partial charge is 0.324 e. The number of nitrogens with zero attached hydrogens (tertiary/aromatic N) is 1. The summed E-state index contributed by atoms with van der Waals surface area (Å²) in [7, 11) is -3.44. The van der Waals surface area contributed by atoms with Crippen LogP contribution in [0, 0.1) is 0 Å². The van der Waals surface area contributed by atoms with E-state index in [2.05, 4.69) is 5.32 Å². The van der Waals surface area contributed by atoms with E-state index in [1.165, 1.54) is 30.3 Å². The fourth-order valence-corrected chi connectivity index (χ4v) is 3.94. The van der Waals surface area contributed by atoms with Gasteiger partial charge in [0.1, 0.15) is 15.9 Å². The molecule has 1 N–H and O–H groups in total. The van der Waals surface area contributed by atoms with Crippen LogP contribution < -0.4 is 5.32 Å². The van der Waals surface area contributed by atoms with E-state index in [0.717, 1.165) is 11.2 Å². The summed E-state index contributed by atoms with van der Waals surface area (Å²) in [6.07, 6.45) is 0.779. The zero-order valence-electron chi connectivity index (χ0n) is 15.2. The molecule has 3 amide bonds. The van der Waals surface area contributed by atoms with Crippen LogP contribution in [0.15, 0.2) is 42.5 Å². The number of rotatable bonds is 6. The lowest BCUT2D eigenvalue weighted by Crippen LogP contribution is -2.48. The summed E-state index contributed by atoms with van der Waals surface area (Å²) >= 11 is 11.8. The Bertz CT molecular complexity index is 1080. The van der Waals surface area contributed by atoms with Crippen LogP contribution >= 0.6 is 23.2 Å². The number of hydrogen-bond acceptors (Lipinski definition) is 5. The van der Waals surface area contributed by atoms with E-state index >= 15 is 0 Å². The van der Waals surface area contributed by atoms with Gasteiger partial charge in [-0.15, -0.1) is 0 Å². The maximum Gasteiger partial charge on any atom is 0.262 e. The Morgan fingerprint density at radius 1 is 1.03 bits per heavy atom. The Balaban J connectivity index is 1.92. The van der Waals surface area contributed by atoms with Gasteiger partial charge in [-0.05, 0) is 36.8 Å². The molecule has 0 bridgehead atoms. The summed E-state index contributed by atoms with van der Waals surface area (Å²) < 4.78 is 23.3. The Kier molecular flexibility index (Phi) is 5.97. The average molecular weight is 455 g/mol. The van der Waals surface area contributed by atoms with Crippen molar-refractivity contribution < 1.29 is 22.8 Å². The third kappa shape index (κ3) is 4.60. The van der Waals surface area contributed by atoms with Crippen LogP contribution in [0.1, 0.15) is 27.1 Å². The first-order valence-corrected chi connectivity index (χ1v) is 11.3. The summed E-state index contributed by atoms with van der Waals surface area (Å²) in [6, 6.07) is 9.27. The van der Waals surface area contributed by atoms with E-state index < -0.39 is 33.6 Å². The second-order valence-electron chi connectivity index (χ2n) is 6.58. The van der Waals surface area contributed by atoms with Gasteiger partial charge in [0.15, 0.2) is 0 Å². The van der Waals surface area contributed by atoms with Crippen LogP contribution in [0.4, 0.5) is 5.69 Å². The average Bonchev–Trinajstić information content (AvgIpc) is 2.90. The van der Waals surface area contributed by atoms with Crippen molar-refractivity contribution in [3.8, 4) is 0 Å². The number of carbonyl (C=O) groups is 3. The fourth-order valence-electron chi connectivity index (χ4n) is 2.99. The number of fused-ring (bicyclic) bond motifs is 1. The Morgan fingerprint density at radius 3 is 2.14 bits per heavy atom. The van der Waals surface area contributed by atoms with Crippen molar-refractivity contribution in [1.29, 1.82) is 0 Å². The molecule has 0 aromatic heterocycles. The number of benzene rings is 2. The van der Waals surface area contributed by atoms with Crippen LogP contribution in [0.2, 0.25) is 10.0 Å². The van der Waals surface area contributed by atoms with Crippen molar-refractivity contribution >= 4 is 56.4 Å². The number of halogens is 2. The highest BCUT2D eigenvalue weighted by molar-refractivity contribution is 7.90. The van der Waals surface area contributed by atoms with E-state index in [1.54, 1.807) is 12.1 Å². The highest BCUT2D eigenvalue weighted by Crippen LogP contribution is 2.28. The molecule has 1 aliphatic rings. The SMILES string of the molecule is CS(=O)(=O)CC[C@@H](C(=O)Nc1ccc(Cl)c(Cl)c1)N1C(=O)c2ccccc2C1=O. The third-order valence-electron chi connectivity index (χ3n) is 4.39. The number of imide groups is 1. The number of nitrogens with one attached hydrogen (secondary N) is 1. The standard InChI is InChI=1S/C19H16Cl2N2O5S/c1-29(27,28)9-8-16(17(24)22-11-6-7-14(20)15(21)10-11)23-18(25)12-4-2-3-5-13(12)19(23)26/h2-7,10,16H,8-9H2,1H3,(H,22,24)/t16-/m0/s1. The first-order valence-electron chi connectivity index (χ1n) is 8.49. The molecule has 2 aromatic carbocycles. The molecule has 0 unspecified atom stereocenters. The number of sulfone groups is 1. The fraction of sp³-hybridized carbons (Fsp3) is 0.211. The lowest BCUT2D eigenvalue weighted by Gasteiger charge is -2.25. The Morgan fingerprint density at radius 2 is 1.62 bits per heavy atom. The molecule has 1 aliphatic heterocycles. The number of amides is 3. The summed E-state index contributed by atoms with van der Waals surface area (Å²) in [5.74, 6) is -2.37. The molecule has 0 radical (unpaired) electrons. The molecule has 3 rings (SSSR count). The molecule has 2 aromatic rings. The highest BCUT2D eigenvalue weighted by atomic mass is 35.5. The summed E-state index contributed by atoms with van der Waals surface area (Å²) in [5, 5.41) is 3.06. The Labute approximate surface area is 177 Å². The van der Waals surface area contributed by atoms with E-state index in [4.69, 9.17) is 23.2 Å². The molecule has 0 aliphatic carbocycles. The maximum atomic E-state index is 12.9. The van der Waals surface area contributed by atoms with E-state index in [9.17, 15) is 22.8 Å². The Hall–Kier alpha value is -2.42. The predicted octanol–water partition coefficient (Wildman–Crippen LogP) is 3.03. The molecular weight excluding hydrogens is 439 g/mol. The van der Waals surface area contributed by atoms with Crippen molar-refractivity contribution in [1.82, 2.24) is 4.90 Å². The minimum atomic E-state index is -3.44. The van der Waals surface area contributed by atoms with Crippen molar-refractivity contribution in [3.05, 3.63) is 63.6 Å². The minimum absolute atomic E-state index is 0.171. The minimum Gasteiger partial charge on any atom is -0.324 e. The lowest BCUT2D eigenvalue weighted by atomic mass is 10.1. The van der Waals surface area contributed by atoms with E-state index in [0.29, 0.717) is 10.7 Å². The van der Waals surface area contributed by atoms with Gasteiger partial charge < -0.3 is 5.32 Å². The van der Waals surface area contributed by atoms with Gasteiger partial charge in [-0.3, -0.25) is 19.3 Å². The van der Waals surface area contributed by atoms with Crippen LogP contribution in [0.3, 0.4) is 0 Å². The number of anilines is 1. The van der Waals surface area contributed by atoms with Gasteiger partial charge in [0.2, 0.25) is 5.91 Å². The summed E-state index contributed by atoms with van der Waals surface area (Å²) in [5.41, 5.74) is 0.638. The van der Waals surface area contributed by atoms with Crippen molar-refractivity contribution in [3.63, 3.8) is 0 Å². The number of hydrogen-bond donors (Lipinski definition) is 1. The monoisotopic (exact) mass is 454 g/mol. The second-order valence-corrected chi connectivity index (χ2v) is 9.65. The molecule has 0 spiro atoms. The molecule has 7 nitrogen and oxygen atoms in total. The topological polar surface area (TPSA) is 101 Å². The van der Waals surface area contributed by atoms with Gasteiger partial charge in [0.25, 0.3) is 11.8 Å². The van der Waals surface area contributed by atoms with Gasteiger partial charge in [-0.25, -0.2) is 8.42 Å². The quantitative estimate of drug-likeness (QED) is 0.675. The van der Waals surface area contributed by atoms with Gasteiger partial charge in [0.05, 0.1) is 26.9 Å². The molecule has 152 valence electrons. The van der Waals surface area contributed by atoms with E-state index in [-0.39, 0.29) is 28.3 Å². The van der Waals surface area contributed by atoms with Gasteiger partial charge in [-0.2, -0.15) is 0 Å². The van der Waals surface area contributed by atoms with Gasteiger partial charge in [-0.1, -0.05) is 35.3 Å². The molecule has 0 saturated heterocycles. The van der Waals surface area contributed by atoms with Crippen molar-refractivity contribution in [2.24, 2.45) is 0 Å². The highest BCUT2D eigenvalue weighted by Gasteiger charge is 2.42. The molecule has 0 fully saturated rings. The van der Waals surface area contributed by atoms with Gasteiger partial charge in [0, 0.05) is 11.9 Å². The molecule has 10 heteroatoms. The number of carbonyl (C=O) groups excluding carboxylic acids is 3. The lowest BCUT2D eigenvalue weighted by molar-refractivity contribution is -0.120. The third-order valence-corrected chi connectivity index (χ3v) is 6.11. The first-order chi connectivity index (χ1) is 13.6. The van der Waals surface area contributed by atoms with Crippen molar-refractivity contribution in [2.75, 3.05) is 17.3 Å². The first kappa shape index (κ1) is 21.3. The smallest absolute Gasteiger partial charge is 0.262 e. The molecule has 29 heavy (non-hydrogen) atoms. The zero-order chi connectivity index (χ0) is 21.3. The van der Waals surface area contributed by atoms with Crippen LogP contribution in [-0.4, -0.2) is 49.1 Å². The van der Waals surface area contributed by atoms with E-state index in [1.807, 2.05) is 0 Å². The summed E-state index contributed by atoms with van der Waals surface area (Å²) in [4.78, 5) is 39.3. The second kappa shape index (κ2) is 8.14. The molecule has 0 saturated carbocycles. The van der Waals surface area contributed by atoms with Crippen LogP contribution in [-0.2, 0) is 14.6 Å². The van der Waals surface area contributed by atoms with Crippen LogP contribution in [0.5, 0.6) is 0 Å².